The maximum atomic E-state index is 13.1. The van der Waals surface area contributed by atoms with Crippen LogP contribution in [0.25, 0.3) is 0 Å². The first kappa shape index (κ1) is 12.2. The predicted molar refractivity (Wildman–Crippen MR) is 58.4 cm³/mol. The predicted octanol–water partition coefficient (Wildman–Crippen LogP) is 1.44. The highest BCUT2D eigenvalue weighted by Gasteiger charge is 2.38. The monoisotopic (exact) mass is 222 g/mol. The molecule has 1 saturated carbocycles. The summed E-state index contributed by atoms with van der Waals surface area (Å²) in [5.41, 5.74) is 5.61. The summed E-state index contributed by atoms with van der Waals surface area (Å²) in [5.74, 6) is 1.68. The minimum atomic E-state index is -0.636. The molecule has 1 aliphatic carbocycles. The number of hydrogen-bond donors (Lipinski definition) is 1. The molecule has 0 aromatic carbocycles. The molecule has 0 amide bonds. The number of nitrogens with two attached hydrogens (primary N) is 1. The van der Waals surface area contributed by atoms with Crippen LogP contribution in [0.4, 0.5) is 4.39 Å². The fourth-order valence-electron chi connectivity index (χ4n) is 2.35. The zero-order valence-corrected chi connectivity index (χ0v) is 9.47. The number of halogens is 2. The van der Waals surface area contributed by atoms with Gasteiger partial charge in [-0.2, -0.15) is 0 Å². The average Bonchev–Trinajstić information content (AvgIpc) is 2.62. The van der Waals surface area contributed by atoms with Crippen molar-refractivity contribution in [3.8, 4) is 0 Å². The molecule has 4 atom stereocenters. The summed E-state index contributed by atoms with van der Waals surface area (Å²) in [6.45, 7) is 4.57. The minimum Gasteiger partial charge on any atom is -0.329 e. The number of hydrogen-bond acceptors (Lipinski definition) is 2. The van der Waals surface area contributed by atoms with Gasteiger partial charge in [0.1, 0.15) is 6.17 Å². The van der Waals surface area contributed by atoms with E-state index in [1.165, 1.54) is 6.42 Å². The lowest BCUT2D eigenvalue weighted by Gasteiger charge is -2.22. The Balaban J connectivity index is 0.000000980. The molecule has 2 nitrogen and oxygen atoms in total. The lowest BCUT2D eigenvalue weighted by atomic mass is 10.2. The van der Waals surface area contributed by atoms with Gasteiger partial charge in [0.2, 0.25) is 0 Å². The summed E-state index contributed by atoms with van der Waals surface area (Å²) in [6.07, 6.45) is 1.34. The molecule has 2 fully saturated rings. The fraction of sp³-hybridized carbons (Fsp3) is 1.00. The summed E-state index contributed by atoms with van der Waals surface area (Å²) in [4.78, 5) is 2.25. The zero-order chi connectivity index (χ0) is 9.42. The van der Waals surface area contributed by atoms with Gasteiger partial charge in [0, 0.05) is 25.7 Å². The Bertz CT molecular complexity index is 191. The Morgan fingerprint density at radius 1 is 1.43 bits per heavy atom. The molecule has 2 unspecified atom stereocenters. The van der Waals surface area contributed by atoms with Crippen molar-refractivity contribution in [3.63, 3.8) is 0 Å². The molecule has 0 radical (unpaired) electrons. The maximum absolute atomic E-state index is 13.1. The van der Waals surface area contributed by atoms with Crippen LogP contribution in [-0.4, -0.2) is 36.7 Å². The molecule has 2 aliphatic rings. The van der Waals surface area contributed by atoms with E-state index in [-0.39, 0.29) is 12.4 Å². The maximum Gasteiger partial charge on any atom is 0.114 e. The minimum absolute atomic E-state index is 0. The summed E-state index contributed by atoms with van der Waals surface area (Å²) < 4.78 is 13.1. The van der Waals surface area contributed by atoms with Gasteiger partial charge in [-0.1, -0.05) is 6.92 Å². The Hall–Kier alpha value is 0.140. The highest BCUT2D eigenvalue weighted by Crippen LogP contribution is 2.39. The van der Waals surface area contributed by atoms with Crippen LogP contribution in [0, 0.1) is 11.8 Å². The largest absolute Gasteiger partial charge is 0.329 e. The highest BCUT2D eigenvalue weighted by molar-refractivity contribution is 5.85. The Morgan fingerprint density at radius 3 is 2.57 bits per heavy atom. The molecule has 14 heavy (non-hydrogen) atoms. The van der Waals surface area contributed by atoms with E-state index in [1.54, 1.807) is 0 Å². The van der Waals surface area contributed by atoms with Crippen molar-refractivity contribution in [2.24, 2.45) is 17.6 Å². The van der Waals surface area contributed by atoms with Gasteiger partial charge in [-0.25, -0.2) is 4.39 Å². The first-order valence-corrected chi connectivity index (χ1v) is 5.29. The van der Waals surface area contributed by atoms with Crippen molar-refractivity contribution in [1.29, 1.82) is 0 Å². The molecular formula is C10H20ClFN2. The van der Waals surface area contributed by atoms with E-state index in [0.717, 1.165) is 18.4 Å². The quantitative estimate of drug-likeness (QED) is 0.783. The van der Waals surface area contributed by atoms with Gasteiger partial charge in [-0.05, 0) is 24.7 Å². The zero-order valence-electron chi connectivity index (χ0n) is 8.66. The van der Waals surface area contributed by atoms with Gasteiger partial charge in [0.25, 0.3) is 0 Å². The summed E-state index contributed by atoms with van der Waals surface area (Å²) in [7, 11) is 0. The van der Waals surface area contributed by atoms with Crippen LogP contribution < -0.4 is 5.73 Å². The number of alkyl halides is 1. The van der Waals surface area contributed by atoms with E-state index in [9.17, 15) is 4.39 Å². The number of likely N-dealkylation sites (tertiary alicyclic amines) is 1. The van der Waals surface area contributed by atoms with Crippen LogP contribution in [0.5, 0.6) is 0 Å². The van der Waals surface area contributed by atoms with Crippen molar-refractivity contribution in [2.75, 3.05) is 19.6 Å². The fourth-order valence-corrected chi connectivity index (χ4v) is 2.35. The Morgan fingerprint density at radius 2 is 2.07 bits per heavy atom. The molecule has 0 aromatic rings. The molecule has 0 bridgehead atoms. The van der Waals surface area contributed by atoms with Gasteiger partial charge in [-0.3, -0.25) is 4.90 Å². The van der Waals surface area contributed by atoms with E-state index in [4.69, 9.17) is 5.73 Å². The molecule has 0 aromatic heterocycles. The number of rotatable bonds is 3. The standard InChI is InChI=1S/C10H19FN2.ClH/c1-7-2-8(7)5-13-6-9(11)3-10(13)4-12;/h7-10H,2-6,12H2,1H3;1H/t7?,8?,9-,10-;/m0./s1. The van der Waals surface area contributed by atoms with Gasteiger partial charge in [-0.15, -0.1) is 12.4 Å². The topological polar surface area (TPSA) is 29.3 Å². The molecule has 2 N–H and O–H groups in total. The molecular weight excluding hydrogens is 203 g/mol. The molecule has 1 heterocycles. The highest BCUT2D eigenvalue weighted by atomic mass is 35.5. The molecule has 84 valence electrons. The van der Waals surface area contributed by atoms with Crippen LogP contribution in [0.3, 0.4) is 0 Å². The van der Waals surface area contributed by atoms with E-state index < -0.39 is 6.17 Å². The van der Waals surface area contributed by atoms with Crippen molar-refractivity contribution < 1.29 is 4.39 Å². The first-order chi connectivity index (χ1) is 6.20. The molecule has 1 saturated heterocycles. The van der Waals surface area contributed by atoms with Crippen molar-refractivity contribution >= 4 is 12.4 Å². The summed E-state index contributed by atoms with van der Waals surface area (Å²) in [5, 5.41) is 0. The van der Waals surface area contributed by atoms with Gasteiger partial charge in [0.15, 0.2) is 0 Å². The smallest absolute Gasteiger partial charge is 0.114 e. The first-order valence-electron chi connectivity index (χ1n) is 5.29. The van der Waals surface area contributed by atoms with E-state index >= 15 is 0 Å². The molecule has 0 spiro atoms. The lowest BCUT2D eigenvalue weighted by Crippen LogP contribution is -2.36. The Labute approximate surface area is 91.4 Å². The second-order valence-electron chi connectivity index (χ2n) is 4.65. The van der Waals surface area contributed by atoms with Gasteiger partial charge < -0.3 is 5.73 Å². The van der Waals surface area contributed by atoms with E-state index in [2.05, 4.69) is 11.8 Å². The molecule has 4 heteroatoms. The Kier molecular flexibility index (Phi) is 4.16. The second-order valence-corrected chi connectivity index (χ2v) is 4.65. The van der Waals surface area contributed by atoms with Crippen molar-refractivity contribution in [1.82, 2.24) is 4.90 Å². The average molecular weight is 223 g/mol. The summed E-state index contributed by atoms with van der Waals surface area (Å²) >= 11 is 0. The third-order valence-corrected chi connectivity index (χ3v) is 3.49. The normalized spacial score (nSPS) is 42.2. The van der Waals surface area contributed by atoms with E-state index in [1.807, 2.05) is 0 Å². The number of nitrogens with zero attached hydrogens (tertiary/aromatic N) is 1. The molecule has 1 aliphatic heterocycles. The molecule has 2 rings (SSSR count). The van der Waals surface area contributed by atoms with Crippen LogP contribution in [0.15, 0.2) is 0 Å². The van der Waals surface area contributed by atoms with Gasteiger partial charge >= 0.3 is 0 Å². The van der Waals surface area contributed by atoms with Gasteiger partial charge in [0.05, 0.1) is 0 Å². The SMILES string of the molecule is CC1CC1CN1C[C@@H](F)C[C@H]1CN.Cl. The van der Waals surface area contributed by atoms with Crippen molar-refractivity contribution in [2.45, 2.75) is 32.0 Å². The van der Waals surface area contributed by atoms with Crippen LogP contribution in [-0.2, 0) is 0 Å². The van der Waals surface area contributed by atoms with Crippen molar-refractivity contribution in [3.05, 3.63) is 0 Å². The van der Waals surface area contributed by atoms with E-state index in [0.29, 0.717) is 25.6 Å². The third-order valence-electron chi connectivity index (χ3n) is 3.49. The lowest BCUT2D eigenvalue weighted by molar-refractivity contribution is 0.234. The summed E-state index contributed by atoms with van der Waals surface area (Å²) in [6, 6.07) is 0.308. The van der Waals surface area contributed by atoms with Crippen LogP contribution in [0.2, 0.25) is 0 Å². The van der Waals surface area contributed by atoms with Crippen LogP contribution in [0.1, 0.15) is 19.8 Å². The van der Waals surface area contributed by atoms with Crippen LogP contribution >= 0.6 is 12.4 Å². The third kappa shape index (κ3) is 2.59. The second kappa shape index (κ2) is 4.77.